The van der Waals surface area contributed by atoms with Crippen molar-refractivity contribution in [2.24, 2.45) is 0 Å². The number of methoxy groups -OCH3 is 1. The molecule has 1 amide bonds. The fourth-order valence-corrected chi connectivity index (χ4v) is 3.23. The van der Waals surface area contributed by atoms with Gasteiger partial charge in [0.25, 0.3) is 0 Å². The third-order valence-corrected chi connectivity index (χ3v) is 3.85. The zero-order chi connectivity index (χ0) is 11.2. The maximum Gasteiger partial charge on any atom is 0.356 e. The first-order valence-corrected chi connectivity index (χ1v) is 5.49. The summed E-state index contributed by atoms with van der Waals surface area (Å²) in [7, 11) is 1.43. The lowest BCUT2D eigenvalue weighted by Crippen LogP contribution is -2.55. The normalized spacial score (nSPS) is 29.7. The van der Waals surface area contributed by atoms with Crippen LogP contribution in [0.5, 0.6) is 0 Å². The Hall–Kier alpha value is -1.17. The zero-order valence-corrected chi connectivity index (χ0v) is 9.21. The van der Waals surface area contributed by atoms with Gasteiger partial charge < -0.3 is 9.84 Å². The van der Waals surface area contributed by atoms with Gasteiger partial charge in [0.2, 0.25) is 5.91 Å². The van der Waals surface area contributed by atoms with Crippen LogP contribution in [0.3, 0.4) is 0 Å². The van der Waals surface area contributed by atoms with E-state index in [0.29, 0.717) is 12.2 Å². The first-order valence-electron chi connectivity index (χ1n) is 4.55. The van der Waals surface area contributed by atoms with E-state index in [-0.39, 0.29) is 22.2 Å². The molecule has 2 aliphatic heterocycles. The van der Waals surface area contributed by atoms with E-state index in [9.17, 15) is 9.59 Å². The Morgan fingerprint density at radius 3 is 2.80 bits per heavy atom. The highest BCUT2D eigenvalue weighted by Gasteiger charge is 2.48. The van der Waals surface area contributed by atoms with E-state index in [4.69, 9.17) is 9.84 Å². The highest BCUT2D eigenvalue weighted by molar-refractivity contribution is 8.00. The van der Waals surface area contributed by atoms with Gasteiger partial charge in [0.1, 0.15) is 5.76 Å². The van der Waals surface area contributed by atoms with E-state index >= 15 is 0 Å². The fourth-order valence-electron chi connectivity index (χ4n) is 1.84. The number of carboxylic acid groups (broad SMARTS) is 1. The van der Waals surface area contributed by atoms with Gasteiger partial charge in [-0.3, -0.25) is 9.69 Å². The lowest BCUT2D eigenvalue weighted by Gasteiger charge is -2.45. The molecule has 0 aliphatic carbocycles. The number of hydrogen-bond donors (Lipinski definition) is 1. The number of amides is 1. The predicted molar refractivity (Wildman–Crippen MR) is 54.0 cm³/mol. The molecule has 0 radical (unpaired) electrons. The summed E-state index contributed by atoms with van der Waals surface area (Å²) in [4.78, 5) is 23.7. The number of aliphatic carboxylic acids is 1. The molecule has 2 atom stereocenters. The second kappa shape index (κ2) is 3.44. The molecule has 0 aromatic carbocycles. The zero-order valence-electron chi connectivity index (χ0n) is 8.39. The largest absolute Gasteiger partial charge is 0.497 e. The number of hydrogen-bond acceptors (Lipinski definition) is 4. The van der Waals surface area contributed by atoms with Gasteiger partial charge in [-0.05, 0) is 6.92 Å². The maximum absolute atomic E-state index is 11.3. The summed E-state index contributed by atoms with van der Waals surface area (Å²) in [5, 5.41) is 9.01. The number of carboxylic acids is 1. The van der Waals surface area contributed by atoms with Gasteiger partial charge in [0.15, 0.2) is 5.70 Å². The van der Waals surface area contributed by atoms with Crippen LogP contribution < -0.4 is 0 Å². The number of rotatable bonds is 2. The summed E-state index contributed by atoms with van der Waals surface area (Å²) in [6.45, 7) is 1.88. The lowest BCUT2D eigenvalue weighted by molar-refractivity contribution is -0.146. The molecule has 2 unspecified atom stereocenters. The van der Waals surface area contributed by atoms with Crippen LogP contribution in [-0.4, -0.2) is 39.6 Å². The molecule has 0 spiro atoms. The van der Waals surface area contributed by atoms with Crippen LogP contribution in [0, 0.1) is 0 Å². The molecule has 1 N–H and O–H groups in total. The average molecular weight is 229 g/mol. The molecule has 0 aromatic rings. The van der Waals surface area contributed by atoms with Gasteiger partial charge in [-0.2, -0.15) is 0 Å². The van der Waals surface area contributed by atoms with Crippen molar-refractivity contribution < 1.29 is 19.4 Å². The molecule has 1 fully saturated rings. The van der Waals surface area contributed by atoms with Gasteiger partial charge >= 0.3 is 5.97 Å². The Morgan fingerprint density at radius 2 is 2.33 bits per heavy atom. The Morgan fingerprint density at radius 1 is 1.67 bits per heavy atom. The molecule has 15 heavy (non-hydrogen) atoms. The van der Waals surface area contributed by atoms with E-state index in [2.05, 4.69) is 0 Å². The van der Waals surface area contributed by atoms with Crippen molar-refractivity contribution in [1.29, 1.82) is 0 Å². The SMILES string of the molecule is COC1=C(C(=O)O)N2C(=O)CC2SC1C. The minimum atomic E-state index is -1.10. The van der Waals surface area contributed by atoms with E-state index in [0.717, 1.165) is 0 Å². The minimum Gasteiger partial charge on any atom is -0.497 e. The van der Waals surface area contributed by atoms with Crippen LogP contribution in [0.15, 0.2) is 11.5 Å². The standard InChI is InChI=1S/C9H11NO4S/c1-4-8(14-2)7(9(12)13)10-5(11)3-6(10)15-4/h4,6H,3H2,1-2H3,(H,12,13). The molecule has 0 aromatic heterocycles. The first kappa shape index (κ1) is 10.4. The number of thioether (sulfide) groups is 1. The average Bonchev–Trinajstić information content (AvgIpc) is 2.15. The molecule has 0 saturated carbocycles. The smallest absolute Gasteiger partial charge is 0.356 e. The molecular formula is C9H11NO4S. The number of ether oxygens (including phenoxy) is 1. The fraction of sp³-hybridized carbons (Fsp3) is 0.556. The van der Waals surface area contributed by atoms with Crippen LogP contribution in [0.1, 0.15) is 13.3 Å². The van der Waals surface area contributed by atoms with Crippen molar-refractivity contribution >= 4 is 23.6 Å². The van der Waals surface area contributed by atoms with E-state index in [1.165, 1.54) is 12.0 Å². The van der Waals surface area contributed by atoms with Crippen LogP contribution in [0.25, 0.3) is 0 Å². The third kappa shape index (κ3) is 1.40. The summed E-state index contributed by atoms with van der Waals surface area (Å²) < 4.78 is 5.06. The van der Waals surface area contributed by atoms with Crippen LogP contribution in [0.4, 0.5) is 0 Å². The molecule has 0 bridgehead atoms. The third-order valence-electron chi connectivity index (χ3n) is 2.53. The Kier molecular flexibility index (Phi) is 2.38. The number of carbonyl (C=O) groups excluding carboxylic acids is 1. The second-order valence-corrected chi connectivity index (χ2v) is 4.95. The van der Waals surface area contributed by atoms with Crippen molar-refractivity contribution in [3.05, 3.63) is 11.5 Å². The van der Waals surface area contributed by atoms with Gasteiger partial charge in [0, 0.05) is 0 Å². The highest BCUT2D eigenvalue weighted by atomic mass is 32.2. The molecule has 6 heteroatoms. The van der Waals surface area contributed by atoms with Crippen molar-refractivity contribution in [3.63, 3.8) is 0 Å². The van der Waals surface area contributed by atoms with Gasteiger partial charge in [-0.15, -0.1) is 11.8 Å². The molecule has 2 aliphatic rings. The Bertz CT molecular complexity index is 365. The Labute approximate surface area is 91.1 Å². The van der Waals surface area contributed by atoms with Crippen LogP contribution in [0.2, 0.25) is 0 Å². The van der Waals surface area contributed by atoms with Crippen molar-refractivity contribution in [2.75, 3.05) is 7.11 Å². The molecule has 5 nitrogen and oxygen atoms in total. The molecule has 82 valence electrons. The minimum absolute atomic E-state index is 0.00463. The predicted octanol–water partition coefficient (Wildman–Crippen LogP) is 0.623. The molecule has 2 heterocycles. The van der Waals surface area contributed by atoms with E-state index < -0.39 is 5.97 Å². The van der Waals surface area contributed by atoms with Gasteiger partial charge in [-0.1, -0.05) is 0 Å². The lowest BCUT2D eigenvalue weighted by atomic mass is 10.1. The van der Waals surface area contributed by atoms with Crippen molar-refractivity contribution in [2.45, 2.75) is 24.0 Å². The van der Waals surface area contributed by atoms with Crippen LogP contribution >= 0.6 is 11.8 Å². The number of fused-ring (bicyclic) bond motifs is 1. The van der Waals surface area contributed by atoms with Gasteiger partial charge in [0.05, 0.1) is 24.2 Å². The quantitative estimate of drug-likeness (QED) is 0.703. The van der Waals surface area contributed by atoms with E-state index in [1.807, 2.05) is 6.92 Å². The summed E-state index contributed by atoms with van der Waals surface area (Å²) >= 11 is 1.55. The van der Waals surface area contributed by atoms with Gasteiger partial charge in [-0.25, -0.2) is 4.79 Å². The molecule has 1 saturated heterocycles. The topological polar surface area (TPSA) is 66.8 Å². The second-order valence-electron chi connectivity index (χ2n) is 3.42. The number of carbonyl (C=O) groups is 2. The number of nitrogens with zero attached hydrogens (tertiary/aromatic N) is 1. The first-order chi connectivity index (χ1) is 7.06. The molecule has 2 rings (SSSR count). The van der Waals surface area contributed by atoms with E-state index in [1.54, 1.807) is 11.8 Å². The van der Waals surface area contributed by atoms with Crippen molar-refractivity contribution in [3.8, 4) is 0 Å². The van der Waals surface area contributed by atoms with Crippen LogP contribution in [-0.2, 0) is 14.3 Å². The monoisotopic (exact) mass is 229 g/mol. The Balaban J connectivity index is 2.44. The summed E-state index contributed by atoms with van der Waals surface area (Å²) in [6, 6.07) is 0. The summed E-state index contributed by atoms with van der Waals surface area (Å²) in [5.74, 6) is -0.875. The summed E-state index contributed by atoms with van der Waals surface area (Å²) in [6.07, 6.45) is 0.419. The number of β-lactam (4-membered cyclic amide) rings is 1. The maximum atomic E-state index is 11.3. The highest BCUT2D eigenvalue weighted by Crippen LogP contribution is 2.43. The van der Waals surface area contributed by atoms with Crippen molar-refractivity contribution in [1.82, 2.24) is 4.90 Å². The molecular weight excluding hydrogens is 218 g/mol. The summed E-state index contributed by atoms with van der Waals surface area (Å²) in [5.41, 5.74) is 0.00463.